The Kier molecular flexibility index (Phi) is 4.85. The van der Waals surface area contributed by atoms with Gasteiger partial charge in [-0.1, -0.05) is 19.6 Å². The Bertz CT molecular complexity index is 390. The number of carbonyl (C=O) groups is 1. The number of rotatable bonds is 5. The summed E-state index contributed by atoms with van der Waals surface area (Å²) in [5, 5.41) is 1.21. The molecule has 1 fully saturated rings. The lowest BCUT2D eigenvalue weighted by Crippen LogP contribution is -2.43. The Morgan fingerprint density at radius 1 is 1.47 bits per heavy atom. The summed E-state index contributed by atoms with van der Waals surface area (Å²) in [6.45, 7) is 6.42. The molecule has 0 aliphatic carbocycles. The second-order valence-corrected chi connectivity index (χ2v) is 4.30. The zero-order valence-corrected chi connectivity index (χ0v) is 11.0. The Hall–Kier alpha value is -1.66. The summed E-state index contributed by atoms with van der Waals surface area (Å²) in [5.74, 6) is 0. The first-order valence-electron chi connectivity index (χ1n) is 6.00. The van der Waals surface area contributed by atoms with E-state index in [9.17, 15) is 18.0 Å². The van der Waals surface area contributed by atoms with Gasteiger partial charge in [-0.05, 0) is 18.9 Å². The number of alkyl halides is 3. The zero-order valence-electron chi connectivity index (χ0n) is 11.0. The van der Waals surface area contributed by atoms with Crippen molar-refractivity contribution in [1.29, 1.82) is 0 Å². The molecule has 1 N–H and O–H groups in total. The normalized spacial score (nSPS) is 17.6. The quantitative estimate of drug-likeness (QED) is 0.784. The Morgan fingerprint density at radius 3 is 2.58 bits per heavy atom. The lowest BCUT2D eigenvalue weighted by atomic mass is 10.2. The number of hydrazine groups is 1. The fourth-order valence-corrected chi connectivity index (χ4v) is 1.78. The van der Waals surface area contributed by atoms with Crippen molar-refractivity contribution in [3.63, 3.8) is 0 Å². The van der Waals surface area contributed by atoms with E-state index >= 15 is 0 Å². The van der Waals surface area contributed by atoms with Crippen LogP contribution >= 0.6 is 0 Å². The number of nitrogens with one attached hydrogen (secondary N) is 1. The highest BCUT2D eigenvalue weighted by atomic mass is 19.4. The summed E-state index contributed by atoms with van der Waals surface area (Å²) >= 11 is 0. The van der Waals surface area contributed by atoms with Crippen LogP contribution in [0.1, 0.15) is 20.3 Å². The van der Waals surface area contributed by atoms with Crippen molar-refractivity contribution in [2.75, 3.05) is 19.6 Å². The lowest BCUT2D eigenvalue weighted by molar-refractivity contribution is -0.138. The van der Waals surface area contributed by atoms with Crippen LogP contribution in [0.2, 0.25) is 0 Å². The maximum absolute atomic E-state index is 12.3. The molecule has 0 saturated carbocycles. The Morgan fingerprint density at radius 2 is 2.11 bits per heavy atom. The Balaban J connectivity index is 2.69. The zero-order chi connectivity index (χ0) is 14.6. The second kappa shape index (κ2) is 5.99. The van der Waals surface area contributed by atoms with E-state index in [0.29, 0.717) is 6.42 Å². The number of halogens is 3. The van der Waals surface area contributed by atoms with Crippen LogP contribution in [0.3, 0.4) is 0 Å². The van der Waals surface area contributed by atoms with Crippen LogP contribution in [0.25, 0.3) is 0 Å². The van der Waals surface area contributed by atoms with Gasteiger partial charge >= 0.3 is 12.2 Å². The van der Waals surface area contributed by atoms with Crippen LogP contribution in [0.15, 0.2) is 23.9 Å². The van der Waals surface area contributed by atoms with Crippen LogP contribution in [0, 0.1) is 0 Å². The topological polar surface area (TPSA) is 35.6 Å². The van der Waals surface area contributed by atoms with E-state index in [-0.39, 0.29) is 13.1 Å². The minimum atomic E-state index is -4.37. The van der Waals surface area contributed by atoms with Crippen molar-refractivity contribution < 1.29 is 18.0 Å². The van der Waals surface area contributed by atoms with Gasteiger partial charge in [0.1, 0.15) is 6.54 Å². The molecule has 2 amide bonds. The molecular weight excluding hydrogens is 259 g/mol. The van der Waals surface area contributed by atoms with Gasteiger partial charge in [0.05, 0.1) is 6.54 Å². The average molecular weight is 277 g/mol. The predicted octanol–water partition coefficient (Wildman–Crippen LogP) is 2.66. The second-order valence-electron chi connectivity index (χ2n) is 4.30. The molecule has 0 unspecified atom stereocenters. The van der Waals surface area contributed by atoms with Crippen molar-refractivity contribution >= 4 is 6.03 Å². The summed E-state index contributed by atoms with van der Waals surface area (Å²) in [5.41, 5.74) is 4.51. The van der Waals surface area contributed by atoms with Gasteiger partial charge < -0.3 is 4.90 Å². The van der Waals surface area contributed by atoms with Crippen LogP contribution in [0.4, 0.5) is 18.0 Å². The first-order chi connectivity index (χ1) is 8.78. The largest absolute Gasteiger partial charge is 0.406 e. The van der Waals surface area contributed by atoms with E-state index in [1.54, 1.807) is 6.08 Å². The molecule has 0 aromatic rings. The number of nitrogens with zero attached hydrogens (tertiary/aromatic N) is 2. The van der Waals surface area contributed by atoms with E-state index in [1.807, 2.05) is 13.8 Å². The van der Waals surface area contributed by atoms with Crippen molar-refractivity contribution in [2.45, 2.75) is 26.4 Å². The highest BCUT2D eigenvalue weighted by Gasteiger charge is 2.38. The van der Waals surface area contributed by atoms with Gasteiger partial charge in [0.25, 0.3) is 0 Å². The average Bonchev–Trinajstić information content (AvgIpc) is 2.65. The van der Waals surface area contributed by atoms with E-state index in [1.165, 1.54) is 5.01 Å². The molecule has 0 spiro atoms. The number of carbonyl (C=O) groups excluding carboxylic acids is 1. The van der Waals surface area contributed by atoms with Gasteiger partial charge in [-0.2, -0.15) is 13.2 Å². The molecule has 1 aliphatic rings. The van der Waals surface area contributed by atoms with Gasteiger partial charge in [-0.3, -0.25) is 5.43 Å². The monoisotopic (exact) mass is 277 g/mol. The summed E-state index contributed by atoms with van der Waals surface area (Å²) in [6, 6.07) is -0.653. The molecule has 0 aromatic carbocycles. The van der Waals surface area contributed by atoms with Gasteiger partial charge in [0.2, 0.25) is 0 Å². The van der Waals surface area contributed by atoms with E-state index in [2.05, 4.69) is 12.0 Å². The summed E-state index contributed by atoms with van der Waals surface area (Å²) < 4.78 is 36.8. The SMILES string of the molecule is C=C/C(C)=C(\CC)NN1CCN(CC(F)(F)F)C1=O. The molecule has 4 nitrogen and oxygen atoms in total. The molecule has 0 aromatic heterocycles. The smallest absolute Gasteiger partial charge is 0.312 e. The highest BCUT2D eigenvalue weighted by Crippen LogP contribution is 2.20. The fraction of sp³-hybridized carbons (Fsp3) is 0.583. The molecule has 108 valence electrons. The number of hydrogen-bond acceptors (Lipinski definition) is 2. The molecule has 0 radical (unpaired) electrons. The third-order valence-electron chi connectivity index (χ3n) is 2.87. The number of hydrogen-bond donors (Lipinski definition) is 1. The molecule has 1 heterocycles. The first kappa shape index (κ1) is 15.4. The maximum atomic E-state index is 12.3. The van der Waals surface area contributed by atoms with Gasteiger partial charge in [-0.15, -0.1) is 0 Å². The molecule has 7 heteroatoms. The highest BCUT2D eigenvalue weighted by molar-refractivity contribution is 5.76. The van der Waals surface area contributed by atoms with Gasteiger partial charge in [0, 0.05) is 12.2 Å². The summed E-state index contributed by atoms with van der Waals surface area (Å²) in [4.78, 5) is 12.6. The van der Waals surface area contributed by atoms with E-state index in [4.69, 9.17) is 0 Å². The molecule has 1 aliphatic heterocycles. The molecule has 1 saturated heterocycles. The van der Waals surface area contributed by atoms with Crippen LogP contribution in [-0.4, -0.2) is 41.8 Å². The summed E-state index contributed by atoms with van der Waals surface area (Å²) in [6.07, 6.45) is -2.09. The minimum Gasteiger partial charge on any atom is -0.312 e. The maximum Gasteiger partial charge on any atom is 0.406 e. The van der Waals surface area contributed by atoms with Crippen LogP contribution < -0.4 is 5.43 Å². The van der Waals surface area contributed by atoms with Crippen LogP contribution in [-0.2, 0) is 0 Å². The van der Waals surface area contributed by atoms with Crippen molar-refractivity contribution in [1.82, 2.24) is 15.3 Å². The van der Waals surface area contributed by atoms with Gasteiger partial charge in [0.15, 0.2) is 0 Å². The van der Waals surface area contributed by atoms with Crippen molar-refractivity contribution in [3.8, 4) is 0 Å². The standard InChI is InChI=1S/C12H18F3N3O/c1-4-9(3)10(5-2)16-18-7-6-17(11(18)19)8-12(13,14)15/h4,16H,1,5-8H2,2-3H3/b10-9+. The molecule has 0 atom stereocenters. The third kappa shape index (κ3) is 4.18. The molecule has 19 heavy (non-hydrogen) atoms. The lowest BCUT2D eigenvalue weighted by Gasteiger charge is -2.22. The Labute approximate surface area is 110 Å². The molecule has 1 rings (SSSR count). The number of allylic oxidation sites excluding steroid dienone is 3. The third-order valence-corrected chi connectivity index (χ3v) is 2.87. The predicted molar refractivity (Wildman–Crippen MR) is 66.1 cm³/mol. The molecule has 0 bridgehead atoms. The van der Waals surface area contributed by atoms with Gasteiger partial charge in [-0.25, -0.2) is 9.80 Å². The van der Waals surface area contributed by atoms with E-state index in [0.717, 1.165) is 16.2 Å². The first-order valence-corrected chi connectivity index (χ1v) is 6.00. The molecular formula is C12H18F3N3O. The number of amides is 2. The fourth-order valence-electron chi connectivity index (χ4n) is 1.78. The van der Waals surface area contributed by atoms with Crippen molar-refractivity contribution in [2.24, 2.45) is 0 Å². The summed E-state index contributed by atoms with van der Waals surface area (Å²) in [7, 11) is 0. The van der Waals surface area contributed by atoms with E-state index < -0.39 is 18.8 Å². The van der Waals surface area contributed by atoms with Crippen molar-refractivity contribution in [3.05, 3.63) is 23.9 Å². The van der Waals surface area contributed by atoms with Crippen LogP contribution in [0.5, 0.6) is 0 Å². The number of urea groups is 1. The minimum absolute atomic E-state index is 0.0650.